The third-order valence-corrected chi connectivity index (χ3v) is 6.25. The number of aryl methyl sites for hydroxylation is 1. The normalized spacial score (nSPS) is 10.9. The number of amides is 1. The second-order valence-corrected chi connectivity index (χ2v) is 9.28. The molecule has 0 aromatic heterocycles. The average Bonchev–Trinajstić information content (AvgIpc) is 3.01. The Morgan fingerprint density at radius 3 is 2.20 bits per heavy atom. The van der Waals surface area contributed by atoms with Crippen molar-refractivity contribution in [3.05, 3.63) is 138 Å². The van der Waals surface area contributed by atoms with E-state index >= 15 is 0 Å². The Labute approximate surface area is 238 Å². The van der Waals surface area contributed by atoms with Gasteiger partial charge in [-0.3, -0.25) is 4.79 Å². The Bertz CT molecular complexity index is 1660. The highest BCUT2D eigenvalue weighted by Gasteiger charge is 2.14. The highest BCUT2D eigenvalue weighted by Crippen LogP contribution is 2.27. The zero-order valence-electron chi connectivity index (χ0n) is 22.4. The summed E-state index contributed by atoms with van der Waals surface area (Å²) in [6.07, 6.45) is 1.47. The van der Waals surface area contributed by atoms with E-state index in [-0.39, 0.29) is 6.61 Å². The molecule has 1 N–H and O–H groups in total. The van der Waals surface area contributed by atoms with Crippen molar-refractivity contribution >= 4 is 28.9 Å². The highest BCUT2D eigenvalue weighted by atomic mass is 16.5. The lowest BCUT2D eigenvalue weighted by Crippen LogP contribution is -2.24. The summed E-state index contributed by atoms with van der Waals surface area (Å²) in [6, 6.07) is 35.3. The highest BCUT2D eigenvalue weighted by molar-refractivity contribution is 6.04. The molecule has 204 valence electrons. The van der Waals surface area contributed by atoms with Crippen LogP contribution >= 0.6 is 0 Å². The quantitative estimate of drug-likeness (QED) is 0.0942. The number of esters is 1. The zero-order chi connectivity index (χ0) is 28.4. The van der Waals surface area contributed by atoms with Crippen LogP contribution in [0.25, 0.3) is 10.8 Å². The second-order valence-electron chi connectivity index (χ2n) is 9.28. The molecule has 0 saturated heterocycles. The fourth-order valence-electron chi connectivity index (χ4n) is 4.07. The molecule has 0 aliphatic carbocycles. The van der Waals surface area contributed by atoms with Crippen LogP contribution in [0.2, 0.25) is 0 Å². The summed E-state index contributed by atoms with van der Waals surface area (Å²) in [7, 11) is 0. The molecule has 0 spiro atoms. The maximum absolute atomic E-state index is 12.8. The fraction of sp³-hybridized carbons (Fsp3) is 0.0882. The number of nitrogens with zero attached hydrogens (tertiary/aromatic N) is 1. The number of carbonyl (C=O) groups is 2. The summed E-state index contributed by atoms with van der Waals surface area (Å²) in [5, 5.41) is 5.87. The molecule has 7 nitrogen and oxygen atoms in total. The Kier molecular flexibility index (Phi) is 8.66. The zero-order valence-corrected chi connectivity index (χ0v) is 22.4. The molecular weight excluding hydrogens is 516 g/mol. The van der Waals surface area contributed by atoms with E-state index in [0.717, 1.165) is 21.9 Å². The largest absolute Gasteiger partial charge is 0.489 e. The second kappa shape index (κ2) is 13.1. The smallest absolute Gasteiger partial charge is 0.343 e. The van der Waals surface area contributed by atoms with Gasteiger partial charge in [-0.2, -0.15) is 5.10 Å². The molecule has 0 atom stereocenters. The first-order valence-corrected chi connectivity index (χ1v) is 13.1. The molecule has 5 aromatic rings. The van der Waals surface area contributed by atoms with E-state index in [2.05, 4.69) is 10.5 Å². The van der Waals surface area contributed by atoms with Crippen LogP contribution in [0.15, 0.2) is 120 Å². The van der Waals surface area contributed by atoms with E-state index in [1.807, 2.05) is 79.7 Å². The van der Waals surface area contributed by atoms with Crippen LogP contribution in [0, 0.1) is 6.92 Å². The minimum Gasteiger partial charge on any atom is -0.489 e. The Hall–Kier alpha value is -5.43. The molecule has 5 rings (SSSR count). The van der Waals surface area contributed by atoms with E-state index < -0.39 is 11.9 Å². The van der Waals surface area contributed by atoms with Gasteiger partial charge in [0.2, 0.25) is 0 Å². The lowest BCUT2D eigenvalue weighted by molar-refractivity contribution is -0.123. The number of benzene rings is 5. The molecule has 0 fully saturated rings. The van der Waals surface area contributed by atoms with Crippen LogP contribution < -0.4 is 19.6 Å². The van der Waals surface area contributed by atoms with Crippen molar-refractivity contribution in [2.75, 3.05) is 6.61 Å². The van der Waals surface area contributed by atoms with Gasteiger partial charge in [0.15, 0.2) is 6.61 Å². The lowest BCUT2D eigenvalue weighted by atomic mass is 10.0. The van der Waals surface area contributed by atoms with Crippen molar-refractivity contribution in [1.29, 1.82) is 0 Å². The molecule has 5 aromatic carbocycles. The van der Waals surface area contributed by atoms with Crippen molar-refractivity contribution in [3.8, 4) is 17.2 Å². The number of ether oxygens (including phenoxy) is 3. The number of nitrogens with one attached hydrogen (secondary N) is 1. The van der Waals surface area contributed by atoms with Crippen LogP contribution in [0.3, 0.4) is 0 Å². The molecule has 0 aliphatic heterocycles. The molecule has 0 bridgehead atoms. The minimum absolute atomic E-state index is 0.230. The topological polar surface area (TPSA) is 86.2 Å². The molecule has 0 saturated carbocycles. The predicted octanol–water partition coefficient (Wildman–Crippen LogP) is 6.48. The summed E-state index contributed by atoms with van der Waals surface area (Å²) in [5.41, 5.74) is 5.60. The minimum atomic E-state index is -0.483. The SMILES string of the molecule is Cc1ccc(C(=O)Oc2ccc3ccccc3c2C=NNC(=O)COc2ccc(OCc3ccccc3)cc2)cc1. The van der Waals surface area contributed by atoms with Crippen molar-refractivity contribution < 1.29 is 23.8 Å². The van der Waals surface area contributed by atoms with E-state index in [1.165, 1.54) is 6.21 Å². The number of carbonyl (C=O) groups excluding carboxylic acids is 2. The van der Waals surface area contributed by atoms with Gasteiger partial charge >= 0.3 is 5.97 Å². The van der Waals surface area contributed by atoms with Crippen LogP contribution in [0.4, 0.5) is 0 Å². The monoisotopic (exact) mass is 544 g/mol. The van der Waals surface area contributed by atoms with E-state index in [0.29, 0.717) is 35.0 Å². The fourth-order valence-corrected chi connectivity index (χ4v) is 4.07. The molecule has 7 heteroatoms. The number of hydrazone groups is 1. The third-order valence-electron chi connectivity index (χ3n) is 6.25. The Morgan fingerprint density at radius 2 is 1.44 bits per heavy atom. The summed E-state index contributed by atoms with van der Waals surface area (Å²) in [4.78, 5) is 25.2. The van der Waals surface area contributed by atoms with Crippen molar-refractivity contribution in [3.63, 3.8) is 0 Å². The van der Waals surface area contributed by atoms with Crippen molar-refractivity contribution in [1.82, 2.24) is 5.43 Å². The molecule has 0 radical (unpaired) electrons. The first-order chi connectivity index (χ1) is 20.0. The van der Waals surface area contributed by atoms with Gasteiger partial charge in [-0.15, -0.1) is 0 Å². The van der Waals surface area contributed by atoms with Crippen LogP contribution in [0.5, 0.6) is 17.2 Å². The number of fused-ring (bicyclic) bond motifs is 1. The predicted molar refractivity (Wildman–Crippen MR) is 159 cm³/mol. The Balaban J connectivity index is 1.19. The van der Waals surface area contributed by atoms with Gasteiger partial charge < -0.3 is 14.2 Å². The summed E-state index contributed by atoms with van der Waals surface area (Å²) >= 11 is 0. The van der Waals surface area contributed by atoms with Gasteiger partial charge in [-0.05, 0) is 65.7 Å². The number of hydrogen-bond donors (Lipinski definition) is 1. The summed E-state index contributed by atoms with van der Waals surface area (Å²) < 4.78 is 17.1. The molecule has 0 unspecified atom stereocenters. The summed E-state index contributed by atoms with van der Waals surface area (Å²) in [6.45, 7) is 2.18. The molecule has 41 heavy (non-hydrogen) atoms. The van der Waals surface area contributed by atoms with Gasteiger partial charge in [-0.1, -0.05) is 78.4 Å². The maximum Gasteiger partial charge on any atom is 0.343 e. The van der Waals surface area contributed by atoms with E-state index in [9.17, 15) is 9.59 Å². The molecule has 0 heterocycles. The van der Waals surface area contributed by atoms with Crippen molar-refractivity contribution in [2.24, 2.45) is 5.10 Å². The van der Waals surface area contributed by atoms with Gasteiger partial charge in [0.05, 0.1) is 11.8 Å². The lowest BCUT2D eigenvalue weighted by Gasteiger charge is -2.11. The van der Waals surface area contributed by atoms with Crippen LogP contribution in [-0.2, 0) is 11.4 Å². The van der Waals surface area contributed by atoms with E-state index in [4.69, 9.17) is 14.2 Å². The van der Waals surface area contributed by atoms with Gasteiger partial charge in [-0.25, -0.2) is 10.2 Å². The van der Waals surface area contributed by atoms with Gasteiger partial charge in [0, 0.05) is 5.56 Å². The van der Waals surface area contributed by atoms with Crippen molar-refractivity contribution in [2.45, 2.75) is 13.5 Å². The first kappa shape index (κ1) is 27.1. The van der Waals surface area contributed by atoms with Gasteiger partial charge in [0.1, 0.15) is 23.9 Å². The average molecular weight is 545 g/mol. The third kappa shape index (κ3) is 7.36. The van der Waals surface area contributed by atoms with Crippen LogP contribution in [0.1, 0.15) is 27.0 Å². The first-order valence-electron chi connectivity index (χ1n) is 13.1. The van der Waals surface area contributed by atoms with Gasteiger partial charge in [0.25, 0.3) is 5.91 Å². The maximum atomic E-state index is 12.8. The molecule has 0 aliphatic rings. The molecule has 1 amide bonds. The van der Waals surface area contributed by atoms with Crippen LogP contribution in [-0.4, -0.2) is 24.7 Å². The molecular formula is C34H28N2O5. The Morgan fingerprint density at radius 1 is 0.756 bits per heavy atom. The standard InChI is InChI=1S/C34H28N2O5/c1-24-11-13-27(14-12-24)34(38)41-32-20-15-26-9-5-6-10-30(26)31(32)21-35-36-33(37)23-40-29-18-16-28(17-19-29)39-22-25-7-3-2-4-8-25/h2-21H,22-23H2,1H3,(H,36,37). The van der Waals surface area contributed by atoms with E-state index in [1.54, 1.807) is 42.5 Å². The number of rotatable bonds is 10. The summed E-state index contributed by atoms with van der Waals surface area (Å²) in [5.74, 6) is 0.630. The number of hydrogen-bond acceptors (Lipinski definition) is 6.